The van der Waals surface area contributed by atoms with Gasteiger partial charge in [0.1, 0.15) is 10.7 Å². The molecule has 1 amide bonds. The fraction of sp³-hybridized carbons (Fsp3) is 0.188. The number of anilines is 1. The van der Waals surface area contributed by atoms with Crippen LogP contribution in [0.25, 0.3) is 0 Å². The molecule has 1 N–H and O–H groups in total. The number of alkyl halides is 3. The Morgan fingerprint density at radius 1 is 1.18 bits per heavy atom. The number of aryl methyl sites for hydroxylation is 1. The predicted molar refractivity (Wildman–Crippen MR) is 99.0 cm³/mol. The summed E-state index contributed by atoms with van der Waals surface area (Å²) in [6, 6.07) is 6.49. The molecule has 0 saturated carbocycles. The molecule has 6 nitrogen and oxygen atoms in total. The quantitative estimate of drug-likeness (QED) is 0.613. The smallest absolute Gasteiger partial charge is 0.304 e. The highest BCUT2D eigenvalue weighted by Crippen LogP contribution is 2.35. The third-order valence-corrected chi connectivity index (χ3v) is 4.65. The van der Waals surface area contributed by atoms with Crippen molar-refractivity contribution < 1.29 is 18.0 Å². The summed E-state index contributed by atoms with van der Waals surface area (Å²) in [6.07, 6.45) is -3.20. The van der Waals surface area contributed by atoms with Crippen molar-refractivity contribution in [2.24, 2.45) is 7.05 Å². The Hall–Kier alpha value is -2.23. The van der Waals surface area contributed by atoms with Crippen molar-refractivity contribution in [2.45, 2.75) is 12.7 Å². The molecule has 0 aliphatic rings. The first-order valence-corrected chi connectivity index (χ1v) is 8.78. The average molecular weight is 453 g/mol. The zero-order valence-corrected chi connectivity index (χ0v) is 16.3. The second-order valence-corrected chi connectivity index (χ2v) is 6.94. The minimum absolute atomic E-state index is 0.126. The van der Waals surface area contributed by atoms with Crippen LogP contribution < -0.4 is 5.32 Å². The molecule has 0 fully saturated rings. The maximum Gasteiger partial charge on any atom is 0.436 e. The van der Waals surface area contributed by atoms with Crippen LogP contribution in [0.15, 0.2) is 30.5 Å². The number of carbonyl (C=O) groups excluding carboxylic acids is 1. The topological polar surface area (TPSA) is 64.7 Å². The first kappa shape index (κ1) is 20.5. The Bertz CT molecular complexity index is 1040. The van der Waals surface area contributed by atoms with E-state index in [-0.39, 0.29) is 5.82 Å². The number of amides is 1. The molecule has 0 unspecified atom stereocenters. The van der Waals surface area contributed by atoms with Crippen LogP contribution in [0.2, 0.25) is 15.1 Å². The van der Waals surface area contributed by atoms with Gasteiger partial charge in [-0.3, -0.25) is 14.2 Å². The molecule has 0 bridgehead atoms. The van der Waals surface area contributed by atoms with Gasteiger partial charge in [-0.2, -0.15) is 23.4 Å². The van der Waals surface area contributed by atoms with E-state index in [0.29, 0.717) is 16.6 Å². The zero-order chi connectivity index (χ0) is 20.6. The number of nitrogens with one attached hydrogen (secondary N) is 1. The third-order valence-electron chi connectivity index (χ3n) is 3.70. The normalized spacial score (nSPS) is 11.7. The molecule has 0 saturated heterocycles. The number of aromatic nitrogens is 4. The Morgan fingerprint density at radius 2 is 1.89 bits per heavy atom. The monoisotopic (exact) mass is 451 g/mol. The lowest BCUT2D eigenvalue weighted by Crippen LogP contribution is -2.17. The summed E-state index contributed by atoms with van der Waals surface area (Å²) in [5.74, 6) is -0.744. The van der Waals surface area contributed by atoms with Crippen LogP contribution in [0, 0.1) is 0 Å². The first-order chi connectivity index (χ1) is 13.1. The van der Waals surface area contributed by atoms with Gasteiger partial charge < -0.3 is 5.32 Å². The second-order valence-electron chi connectivity index (χ2n) is 5.72. The van der Waals surface area contributed by atoms with Crippen molar-refractivity contribution in [2.75, 3.05) is 5.32 Å². The summed E-state index contributed by atoms with van der Waals surface area (Å²) >= 11 is 17.7. The second kappa shape index (κ2) is 7.65. The summed E-state index contributed by atoms with van der Waals surface area (Å²) in [5.41, 5.74) is -1.01. The number of benzene rings is 1. The maximum absolute atomic E-state index is 12.9. The standard InChI is InChI=1S/C16H11Cl3F3N5O/c1-26-13(12(19)14(25-26)16(20,21)22)15(28)23-11-4-5-27(24-11)7-8-2-3-9(17)6-10(8)18/h2-6H,7H2,1H3,(H,23,24,28). The highest BCUT2D eigenvalue weighted by Gasteiger charge is 2.39. The van der Waals surface area contributed by atoms with Crippen LogP contribution in [-0.4, -0.2) is 25.5 Å². The predicted octanol–water partition coefficient (Wildman–Crippen LogP) is 4.90. The average Bonchev–Trinajstić information content (AvgIpc) is 3.13. The van der Waals surface area contributed by atoms with Gasteiger partial charge in [-0.1, -0.05) is 40.9 Å². The molecule has 2 aromatic heterocycles. The van der Waals surface area contributed by atoms with Gasteiger partial charge in [0.05, 0.1) is 6.54 Å². The van der Waals surface area contributed by atoms with Gasteiger partial charge >= 0.3 is 6.18 Å². The van der Waals surface area contributed by atoms with Gasteiger partial charge in [-0.15, -0.1) is 0 Å². The van der Waals surface area contributed by atoms with Gasteiger partial charge in [0, 0.05) is 29.4 Å². The number of nitrogens with zero attached hydrogens (tertiary/aromatic N) is 4. The van der Waals surface area contributed by atoms with E-state index in [1.807, 2.05) is 0 Å². The fourth-order valence-electron chi connectivity index (χ4n) is 2.44. The van der Waals surface area contributed by atoms with E-state index in [2.05, 4.69) is 15.5 Å². The Kier molecular flexibility index (Phi) is 5.60. The molecule has 12 heteroatoms. The minimum Gasteiger partial charge on any atom is -0.304 e. The molecule has 0 spiro atoms. The molecular weight excluding hydrogens is 442 g/mol. The summed E-state index contributed by atoms with van der Waals surface area (Å²) in [7, 11) is 1.19. The van der Waals surface area contributed by atoms with E-state index < -0.39 is 28.5 Å². The van der Waals surface area contributed by atoms with Crippen LogP contribution in [0.5, 0.6) is 0 Å². The third kappa shape index (κ3) is 4.26. The molecule has 28 heavy (non-hydrogen) atoms. The SMILES string of the molecule is Cn1nc(C(F)(F)F)c(Cl)c1C(=O)Nc1ccn(Cc2ccc(Cl)cc2Cl)n1. The van der Waals surface area contributed by atoms with E-state index in [9.17, 15) is 18.0 Å². The number of hydrogen-bond acceptors (Lipinski definition) is 3. The van der Waals surface area contributed by atoms with Gasteiger partial charge in [-0.05, 0) is 17.7 Å². The molecule has 0 radical (unpaired) electrons. The van der Waals surface area contributed by atoms with Crippen LogP contribution in [0.1, 0.15) is 21.7 Å². The minimum atomic E-state index is -4.77. The molecule has 0 aliphatic carbocycles. The van der Waals surface area contributed by atoms with Crippen molar-refractivity contribution in [1.82, 2.24) is 19.6 Å². The van der Waals surface area contributed by atoms with Crippen molar-refractivity contribution in [1.29, 1.82) is 0 Å². The summed E-state index contributed by atoms with van der Waals surface area (Å²) < 4.78 is 40.9. The lowest BCUT2D eigenvalue weighted by Gasteiger charge is -2.06. The van der Waals surface area contributed by atoms with Gasteiger partial charge in [0.2, 0.25) is 0 Å². The van der Waals surface area contributed by atoms with E-state index in [0.717, 1.165) is 10.2 Å². The molecule has 3 aromatic rings. The Morgan fingerprint density at radius 3 is 2.50 bits per heavy atom. The van der Waals surface area contributed by atoms with Crippen LogP contribution in [-0.2, 0) is 19.8 Å². The van der Waals surface area contributed by atoms with E-state index >= 15 is 0 Å². The number of rotatable bonds is 4. The summed E-state index contributed by atoms with van der Waals surface area (Å²) in [6.45, 7) is 0.302. The van der Waals surface area contributed by atoms with Crippen LogP contribution in [0.3, 0.4) is 0 Å². The molecule has 148 valence electrons. The maximum atomic E-state index is 12.9. The largest absolute Gasteiger partial charge is 0.436 e. The van der Waals surface area contributed by atoms with Crippen LogP contribution in [0.4, 0.5) is 19.0 Å². The fourth-order valence-corrected chi connectivity index (χ4v) is 3.26. The lowest BCUT2D eigenvalue weighted by atomic mass is 10.2. The number of halogens is 6. The van der Waals surface area contributed by atoms with Crippen molar-refractivity contribution in [3.05, 3.63) is 62.5 Å². The Balaban J connectivity index is 1.77. The van der Waals surface area contributed by atoms with Crippen LogP contribution >= 0.6 is 34.8 Å². The van der Waals surface area contributed by atoms with E-state index in [4.69, 9.17) is 34.8 Å². The highest BCUT2D eigenvalue weighted by molar-refractivity contribution is 6.35. The molecule has 0 aliphatic heterocycles. The highest BCUT2D eigenvalue weighted by atomic mass is 35.5. The molecule has 1 aromatic carbocycles. The van der Waals surface area contributed by atoms with Crippen molar-refractivity contribution in [3.63, 3.8) is 0 Å². The summed E-state index contributed by atoms with van der Waals surface area (Å²) in [5, 5.41) is 9.98. The van der Waals surface area contributed by atoms with Gasteiger partial charge in [0.25, 0.3) is 5.91 Å². The van der Waals surface area contributed by atoms with E-state index in [1.165, 1.54) is 17.8 Å². The first-order valence-electron chi connectivity index (χ1n) is 7.64. The van der Waals surface area contributed by atoms with Gasteiger partial charge in [0.15, 0.2) is 11.5 Å². The van der Waals surface area contributed by atoms with Gasteiger partial charge in [-0.25, -0.2) is 0 Å². The zero-order valence-electron chi connectivity index (χ0n) is 14.1. The van der Waals surface area contributed by atoms with Crippen molar-refractivity contribution >= 4 is 46.5 Å². The Labute approximate surface area is 171 Å². The molecule has 2 heterocycles. The van der Waals surface area contributed by atoms with E-state index in [1.54, 1.807) is 24.4 Å². The molecular formula is C16H11Cl3F3N5O. The lowest BCUT2D eigenvalue weighted by molar-refractivity contribution is -0.141. The molecule has 0 atom stereocenters. The molecule has 3 rings (SSSR count). The number of carbonyl (C=O) groups is 1. The van der Waals surface area contributed by atoms with Crippen molar-refractivity contribution in [3.8, 4) is 0 Å². The number of hydrogen-bond donors (Lipinski definition) is 1. The summed E-state index contributed by atoms with van der Waals surface area (Å²) in [4.78, 5) is 12.3.